The molecule has 0 saturated carbocycles. The van der Waals surface area contributed by atoms with Crippen molar-refractivity contribution in [3.05, 3.63) is 70.7 Å². The molecule has 3 rings (SSSR count). The number of halogens is 1. The van der Waals surface area contributed by atoms with Crippen LogP contribution in [0.15, 0.2) is 54.6 Å². The lowest BCUT2D eigenvalue weighted by Crippen LogP contribution is -2.45. The SMILES string of the molecule is NC1CC(c2ccccc2)CN(Cc2cccc(Cl)c2)C1. The van der Waals surface area contributed by atoms with Crippen LogP contribution < -0.4 is 5.73 Å². The molecule has 2 nitrogen and oxygen atoms in total. The fourth-order valence-electron chi connectivity index (χ4n) is 3.22. The summed E-state index contributed by atoms with van der Waals surface area (Å²) < 4.78 is 0. The average Bonchev–Trinajstić information content (AvgIpc) is 2.47. The third-order valence-electron chi connectivity index (χ3n) is 4.12. The van der Waals surface area contributed by atoms with E-state index in [0.29, 0.717) is 5.92 Å². The van der Waals surface area contributed by atoms with Crippen LogP contribution in [0.2, 0.25) is 5.02 Å². The molecule has 2 aromatic rings. The van der Waals surface area contributed by atoms with E-state index in [-0.39, 0.29) is 6.04 Å². The van der Waals surface area contributed by atoms with Crippen molar-refractivity contribution in [2.24, 2.45) is 5.73 Å². The van der Waals surface area contributed by atoms with Crippen molar-refractivity contribution >= 4 is 11.6 Å². The molecule has 0 radical (unpaired) electrons. The van der Waals surface area contributed by atoms with Gasteiger partial charge in [0.05, 0.1) is 0 Å². The van der Waals surface area contributed by atoms with E-state index in [0.717, 1.165) is 31.1 Å². The van der Waals surface area contributed by atoms with Gasteiger partial charge in [-0.3, -0.25) is 4.90 Å². The number of piperidine rings is 1. The summed E-state index contributed by atoms with van der Waals surface area (Å²) in [5, 5.41) is 0.799. The van der Waals surface area contributed by atoms with Crippen molar-refractivity contribution in [1.29, 1.82) is 0 Å². The zero-order valence-electron chi connectivity index (χ0n) is 12.1. The Hall–Kier alpha value is -1.35. The average molecular weight is 301 g/mol. The minimum Gasteiger partial charge on any atom is -0.327 e. The van der Waals surface area contributed by atoms with Crippen molar-refractivity contribution < 1.29 is 0 Å². The second-order valence-corrected chi connectivity index (χ2v) is 6.36. The summed E-state index contributed by atoms with van der Waals surface area (Å²) in [5.74, 6) is 0.522. The molecule has 110 valence electrons. The van der Waals surface area contributed by atoms with Crippen LogP contribution in [0, 0.1) is 0 Å². The van der Waals surface area contributed by atoms with E-state index >= 15 is 0 Å². The first-order chi connectivity index (χ1) is 10.2. The molecule has 2 aromatic carbocycles. The predicted molar refractivity (Wildman–Crippen MR) is 88.5 cm³/mol. The highest BCUT2D eigenvalue weighted by Gasteiger charge is 2.26. The van der Waals surface area contributed by atoms with Crippen LogP contribution in [-0.2, 0) is 6.54 Å². The van der Waals surface area contributed by atoms with E-state index < -0.39 is 0 Å². The molecular formula is C18H21ClN2. The van der Waals surface area contributed by atoms with E-state index in [4.69, 9.17) is 17.3 Å². The Balaban J connectivity index is 1.71. The lowest BCUT2D eigenvalue weighted by atomic mass is 9.88. The molecule has 0 amide bonds. The molecule has 2 N–H and O–H groups in total. The van der Waals surface area contributed by atoms with Crippen LogP contribution in [0.3, 0.4) is 0 Å². The smallest absolute Gasteiger partial charge is 0.0409 e. The Kier molecular flexibility index (Phi) is 4.59. The van der Waals surface area contributed by atoms with Crippen LogP contribution in [0.1, 0.15) is 23.5 Å². The normalized spacial score (nSPS) is 23.1. The summed E-state index contributed by atoms with van der Waals surface area (Å²) in [7, 11) is 0. The molecule has 21 heavy (non-hydrogen) atoms. The first-order valence-electron chi connectivity index (χ1n) is 7.48. The topological polar surface area (TPSA) is 29.3 Å². The molecule has 0 aromatic heterocycles. The number of benzene rings is 2. The van der Waals surface area contributed by atoms with Gasteiger partial charge in [0.25, 0.3) is 0 Å². The third-order valence-corrected chi connectivity index (χ3v) is 4.36. The Bertz CT molecular complexity index is 585. The fraction of sp³-hybridized carbons (Fsp3) is 0.333. The molecule has 1 saturated heterocycles. The van der Waals surface area contributed by atoms with Crippen molar-refractivity contribution in [2.45, 2.75) is 24.9 Å². The number of hydrogen-bond donors (Lipinski definition) is 1. The molecule has 1 aliphatic rings. The molecule has 0 spiro atoms. The van der Waals surface area contributed by atoms with E-state index in [2.05, 4.69) is 41.3 Å². The van der Waals surface area contributed by atoms with Crippen LogP contribution in [0.5, 0.6) is 0 Å². The summed E-state index contributed by atoms with van der Waals surface area (Å²) >= 11 is 6.07. The molecule has 0 bridgehead atoms. The molecule has 2 unspecified atom stereocenters. The van der Waals surface area contributed by atoms with Crippen LogP contribution in [0.4, 0.5) is 0 Å². The quantitative estimate of drug-likeness (QED) is 0.937. The molecule has 1 fully saturated rings. The maximum absolute atomic E-state index is 6.27. The molecular weight excluding hydrogens is 280 g/mol. The highest BCUT2D eigenvalue weighted by Crippen LogP contribution is 2.27. The Labute approximate surface area is 131 Å². The Morgan fingerprint density at radius 2 is 1.86 bits per heavy atom. The van der Waals surface area contributed by atoms with Gasteiger partial charge >= 0.3 is 0 Å². The minimum absolute atomic E-state index is 0.239. The second-order valence-electron chi connectivity index (χ2n) is 5.93. The largest absolute Gasteiger partial charge is 0.327 e. The summed E-state index contributed by atoms with van der Waals surface area (Å²) in [6, 6.07) is 19.0. The summed E-state index contributed by atoms with van der Waals surface area (Å²) in [4.78, 5) is 2.44. The van der Waals surface area contributed by atoms with Crippen molar-refractivity contribution in [3.8, 4) is 0 Å². The first kappa shape index (κ1) is 14.6. The number of rotatable bonds is 3. The van der Waals surface area contributed by atoms with E-state index in [1.807, 2.05) is 18.2 Å². The number of nitrogens with zero attached hydrogens (tertiary/aromatic N) is 1. The lowest BCUT2D eigenvalue weighted by Gasteiger charge is -2.36. The van der Waals surface area contributed by atoms with Gasteiger partial charge in [0.15, 0.2) is 0 Å². The van der Waals surface area contributed by atoms with E-state index in [1.165, 1.54) is 11.1 Å². The molecule has 2 atom stereocenters. The Morgan fingerprint density at radius 1 is 1.05 bits per heavy atom. The fourth-order valence-corrected chi connectivity index (χ4v) is 3.43. The highest BCUT2D eigenvalue weighted by molar-refractivity contribution is 6.30. The summed E-state index contributed by atoms with van der Waals surface area (Å²) in [6.07, 6.45) is 1.07. The highest BCUT2D eigenvalue weighted by atomic mass is 35.5. The first-order valence-corrected chi connectivity index (χ1v) is 7.86. The summed E-state index contributed by atoms with van der Waals surface area (Å²) in [6.45, 7) is 2.93. The van der Waals surface area contributed by atoms with Gasteiger partial charge in [-0.1, -0.05) is 54.1 Å². The van der Waals surface area contributed by atoms with Gasteiger partial charge < -0.3 is 5.73 Å². The van der Waals surface area contributed by atoms with Gasteiger partial charge in [0, 0.05) is 30.7 Å². The van der Waals surface area contributed by atoms with Gasteiger partial charge in [0.1, 0.15) is 0 Å². The molecule has 0 aliphatic carbocycles. The predicted octanol–water partition coefficient (Wildman–Crippen LogP) is 3.66. The van der Waals surface area contributed by atoms with Crippen molar-refractivity contribution in [1.82, 2.24) is 4.90 Å². The number of nitrogens with two attached hydrogens (primary N) is 1. The van der Waals surface area contributed by atoms with Crippen LogP contribution in [-0.4, -0.2) is 24.0 Å². The van der Waals surface area contributed by atoms with Crippen LogP contribution in [0.25, 0.3) is 0 Å². The monoisotopic (exact) mass is 300 g/mol. The lowest BCUT2D eigenvalue weighted by molar-refractivity contribution is 0.181. The van der Waals surface area contributed by atoms with Gasteiger partial charge in [-0.25, -0.2) is 0 Å². The van der Waals surface area contributed by atoms with E-state index in [9.17, 15) is 0 Å². The zero-order chi connectivity index (χ0) is 14.7. The molecule has 3 heteroatoms. The second kappa shape index (κ2) is 6.61. The van der Waals surface area contributed by atoms with Crippen molar-refractivity contribution in [3.63, 3.8) is 0 Å². The molecule has 1 aliphatic heterocycles. The maximum Gasteiger partial charge on any atom is 0.0409 e. The number of likely N-dealkylation sites (tertiary alicyclic amines) is 1. The van der Waals surface area contributed by atoms with Crippen molar-refractivity contribution in [2.75, 3.05) is 13.1 Å². The minimum atomic E-state index is 0.239. The van der Waals surface area contributed by atoms with Gasteiger partial charge in [0.2, 0.25) is 0 Å². The van der Waals surface area contributed by atoms with Gasteiger partial charge in [-0.2, -0.15) is 0 Å². The van der Waals surface area contributed by atoms with Gasteiger partial charge in [-0.15, -0.1) is 0 Å². The zero-order valence-corrected chi connectivity index (χ0v) is 12.8. The standard InChI is InChI=1S/C18H21ClN2/c19-17-8-4-5-14(9-17)11-21-12-16(10-18(20)13-21)15-6-2-1-3-7-15/h1-9,16,18H,10-13,20H2. The third kappa shape index (κ3) is 3.85. The van der Waals surface area contributed by atoms with Gasteiger partial charge in [-0.05, 0) is 35.6 Å². The van der Waals surface area contributed by atoms with E-state index in [1.54, 1.807) is 0 Å². The Morgan fingerprint density at radius 3 is 2.62 bits per heavy atom. The molecule has 1 heterocycles. The van der Waals surface area contributed by atoms with Crippen LogP contribution >= 0.6 is 11.6 Å². The number of hydrogen-bond acceptors (Lipinski definition) is 2. The summed E-state index contributed by atoms with van der Waals surface area (Å²) in [5.41, 5.74) is 8.91. The maximum atomic E-state index is 6.27.